The molecule has 1 aliphatic heterocycles. The predicted octanol–water partition coefficient (Wildman–Crippen LogP) is 4.69. The number of esters is 1. The van der Waals surface area contributed by atoms with E-state index in [-0.39, 0.29) is 30.4 Å². The van der Waals surface area contributed by atoms with E-state index >= 15 is 0 Å². The van der Waals surface area contributed by atoms with Gasteiger partial charge in [0.15, 0.2) is 0 Å². The molecule has 6 heteroatoms. The van der Waals surface area contributed by atoms with Crippen molar-refractivity contribution in [2.75, 3.05) is 18.4 Å². The fraction of sp³-hybridized carbons (Fsp3) is 0.222. The molecule has 168 valence electrons. The highest BCUT2D eigenvalue weighted by molar-refractivity contribution is 6.06. The van der Waals surface area contributed by atoms with Crippen molar-refractivity contribution >= 4 is 23.3 Å². The third kappa shape index (κ3) is 5.66. The number of carbonyl (C=O) groups is 2. The molecule has 3 aromatic carbocycles. The number of carbonyl (C=O) groups excluding carboxylic acids is 2. The number of nitrogens with zero attached hydrogens (tertiary/aromatic N) is 2. The third-order valence-electron chi connectivity index (χ3n) is 5.32. The van der Waals surface area contributed by atoms with E-state index in [0.717, 1.165) is 11.3 Å². The molecule has 4 rings (SSSR count). The zero-order valence-electron chi connectivity index (χ0n) is 18.8. The van der Waals surface area contributed by atoms with Gasteiger partial charge in [-0.05, 0) is 49.2 Å². The Morgan fingerprint density at radius 1 is 0.970 bits per heavy atom. The summed E-state index contributed by atoms with van der Waals surface area (Å²) in [5.41, 5.74) is 4.25. The Kier molecular flexibility index (Phi) is 6.83. The average Bonchev–Trinajstić information content (AvgIpc) is 3.24. The maximum atomic E-state index is 12.7. The minimum absolute atomic E-state index is 0.0904. The number of amides is 1. The monoisotopic (exact) mass is 441 g/mol. The Balaban J connectivity index is 1.43. The smallest absolute Gasteiger partial charge is 0.338 e. The number of anilines is 1. The first-order valence-corrected chi connectivity index (χ1v) is 11.0. The molecule has 1 heterocycles. The Bertz CT molecular complexity index is 1130. The van der Waals surface area contributed by atoms with Gasteiger partial charge in [0.2, 0.25) is 5.91 Å². The SMILES string of the molecule is CC(C)OC(=O)c1ccc(NC(=O)CN2CC(c3ccccc3)C(c3ccccc3)=N2)cc1. The van der Waals surface area contributed by atoms with E-state index in [9.17, 15) is 9.59 Å². The molecule has 0 fully saturated rings. The van der Waals surface area contributed by atoms with Crippen LogP contribution in [0.1, 0.15) is 41.3 Å². The fourth-order valence-corrected chi connectivity index (χ4v) is 3.81. The highest BCUT2D eigenvalue weighted by Gasteiger charge is 2.29. The van der Waals surface area contributed by atoms with E-state index in [1.807, 2.05) is 53.5 Å². The summed E-state index contributed by atoms with van der Waals surface area (Å²) in [6.45, 7) is 4.37. The quantitative estimate of drug-likeness (QED) is 0.540. The summed E-state index contributed by atoms with van der Waals surface area (Å²) in [4.78, 5) is 24.7. The molecule has 0 aliphatic carbocycles. The molecular formula is C27H27N3O3. The summed E-state index contributed by atoms with van der Waals surface area (Å²) in [6, 6.07) is 27.0. The van der Waals surface area contributed by atoms with Gasteiger partial charge >= 0.3 is 5.97 Å². The van der Waals surface area contributed by atoms with Crippen LogP contribution in [-0.2, 0) is 9.53 Å². The van der Waals surface area contributed by atoms with Gasteiger partial charge in [-0.3, -0.25) is 9.80 Å². The first-order valence-electron chi connectivity index (χ1n) is 11.0. The molecule has 0 spiro atoms. The van der Waals surface area contributed by atoms with Gasteiger partial charge in [-0.2, -0.15) is 5.10 Å². The molecule has 0 bridgehead atoms. The summed E-state index contributed by atoms with van der Waals surface area (Å²) < 4.78 is 5.19. The molecule has 3 aromatic rings. The average molecular weight is 442 g/mol. The second-order valence-corrected chi connectivity index (χ2v) is 8.24. The normalized spacial score (nSPS) is 15.3. The van der Waals surface area contributed by atoms with Crippen molar-refractivity contribution in [3.8, 4) is 0 Å². The summed E-state index contributed by atoms with van der Waals surface area (Å²) in [6.07, 6.45) is -0.182. The van der Waals surface area contributed by atoms with E-state index in [4.69, 9.17) is 9.84 Å². The van der Waals surface area contributed by atoms with Crippen LogP contribution in [0.25, 0.3) is 0 Å². The largest absolute Gasteiger partial charge is 0.459 e. The van der Waals surface area contributed by atoms with Crippen LogP contribution in [-0.4, -0.2) is 41.8 Å². The summed E-state index contributed by atoms with van der Waals surface area (Å²) in [7, 11) is 0. The first-order chi connectivity index (χ1) is 16.0. The standard InChI is InChI=1S/C27H27N3O3/c1-19(2)33-27(32)22-13-15-23(16-14-22)28-25(31)18-30-17-24(20-9-5-3-6-10-20)26(29-30)21-11-7-4-8-12-21/h3-16,19,24H,17-18H2,1-2H3,(H,28,31). The number of ether oxygens (including phenoxy) is 1. The number of rotatable bonds is 7. The molecule has 6 nitrogen and oxygen atoms in total. The lowest BCUT2D eigenvalue weighted by atomic mass is 9.91. The summed E-state index contributed by atoms with van der Waals surface area (Å²) in [5, 5.41) is 9.48. The second-order valence-electron chi connectivity index (χ2n) is 8.24. The minimum Gasteiger partial charge on any atom is -0.459 e. The van der Waals surface area contributed by atoms with Gasteiger partial charge in [-0.25, -0.2) is 4.79 Å². The van der Waals surface area contributed by atoms with Crippen LogP contribution < -0.4 is 5.32 Å². The molecule has 0 saturated heterocycles. The molecule has 1 N–H and O–H groups in total. The number of hydrogen-bond donors (Lipinski definition) is 1. The van der Waals surface area contributed by atoms with Crippen LogP contribution in [0.15, 0.2) is 90.0 Å². The third-order valence-corrected chi connectivity index (χ3v) is 5.32. The van der Waals surface area contributed by atoms with Crippen LogP contribution in [0.2, 0.25) is 0 Å². The molecular weight excluding hydrogens is 414 g/mol. The number of hydrogen-bond acceptors (Lipinski definition) is 5. The Morgan fingerprint density at radius 2 is 1.61 bits per heavy atom. The van der Waals surface area contributed by atoms with Crippen molar-refractivity contribution < 1.29 is 14.3 Å². The van der Waals surface area contributed by atoms with Crippen molar-refractivity contribution in [1.82, 2.24) is 5.01 Å². The molecule has 33 heavy (non-hydrogen) atoms. The first kappa shape index (κ1) is 22.3. The zero-order valence-corrected chi connectivity index (χ0v) is 18.8. The van der Waals surface area contributed by atoms with Crippen molar-refractivity contribution in [3.05, 3.63) is 102 Å². The van der Waals surface area contributed by atoms with Crippen LogP contribution in [0, 0.1) is 0 Å². The summed E-state index contributed by atoms with van der Waals surface area (Å²) >= 11 is 0. The molecule has 1 aliphatic rings. The zero-order chi connectivity index (χ0) is 23.2. The number of benzene rings is 3. The van der Waals surface area contributed by atoms with E-state index < -0.39 is 0 Å². The molecule has 1 unspecified atom stereocenters. The van der Waals surface area contributed by atoms with Crippen LogP contribution in [0.4, 0.5) is 5.69 Å². The van der Waals surface area contributed by atoms with Gasteiger partial charge in [0.1, 0.15) is 6.54 Å². The highest BCUT2D eigenvalue weighted by Crippen LogP contribution is 2.28. The minimum atomic E-state index is -0.380. The van der Waals surface area contributed by atoms with Gasteiger partial charge in [-0.1, -0.05) is 60.7 Å². The number of nitrogens with one attached hydrogen (secondary N) is 1. The van der Waals surface area contributed by atoms with Crippen molar-refractivity contribution in [1.29, 1.82) is 0 Å². The lowest BCUT2D eigenvalue weighted by Gasteiger charge is -2.16. The molecule has 0 saturated carbocycles. The van der Waals surface area contributed by atoms with E-state index in [1.54, 1.807) is 38.1 Å². The molecule has 1 amide bonds. The molecule has 1 atom stereocenters. The van der Waals surface area contributed by atoms with Gasteiger partial charge in [0.05, 0.1) is 17.4 Å². The Hall–Kier alpha value is -3.93. The van der Waals surface area contributed by atoms with Crippen molar-refractivity contribution in [2.24, 2.45) is 5.10 Å². The maximum absolute atomic E-state index is 12.7. The number of hydrazone groups is 1. The Morgan fingerprint density at radius 3 is 2.24 bits per heavy atom. The van der Waals surface area contributed by atoms with Crippen LogP contribution in [0.3, 0.4) is 0 Å². The van der Waals surface area contributed by atoms with Crippen LogP contribution >= 0.6 is 0 Å². The lowest BCUT2D eigenvalue weighted by Crippen LogP contribution is -2.29. The summed E-state index contributed by atoms with van der Waals surface area (Å²) in [5.74, 6) is -0.459. The molecule has 0 radical (unpaired) electrons. The predicted molar refractivity (Wildman–Crippen MR) is 129 cm³/mol. The maximum Gasteiger partial charge on any atom is 0.338 e. The molecule has 0 aromatic heterocycles. The van der Waals surface area contributed by atoms with Gasteiger partial charge in [0, 0.05) is 18.2 Å². The van der Waals surface area contributed by atoms with Gasteiger partial charge in [-0.15, -0.1) is 0 Å². The van der Waals surface area contributed by atoms with Gasteiger partial charge in [0.25, 0.3) is 0 Å². The van der Waals surface area contributed by atoms with E-state index in [2.05, 4.69) is 17.4 Å². The topological polar surface area (TPSA) is 71.0 Å². The van der Waals surface area contributed by atoms with Gasteiger partial charge < -0.3 is 10.1 Å². The van der Waals surface area contributed by atoms with E-state index in [1.165, 1.54) is 5.56 Å². The van der Waals surface area contributed by atoms with E-state index in [0.29, 0.717) is 17.8 Å². The van der Waals surface area contributed by atoms with Crippen molar-refractivity contribution in [2.45, 2.75) is 25.9 Å². The van der Waals surface area contributed by atoms with Crippen molar-refractivity contribution in [3.63, 3.8) is 0 Å². The Labute approximate surface area is 193 Å². The second kappa shape index (κ2) is 10.1. The van der Waals surface area contributed by atoms with Crippen LogP contribution in [0.5, 0.6) is 0 Å². The fourth-order valence-electron chi connectivity index (χ4n) is 3.81. The lowest BCUT2D eigenvalue weighted by molar-refractivity contribution is -0.117. The highest BCUT2D eigenvalue weighted by atomic mass is 16.5.